The van der Waals surface area contributed by atoms with Crippen LogP contribution in [0.2, 0.25) is 0 Å². The van der Waals surface area contributed by atoms with Crippen molar-refractivity contribution in [2.24, 2.45) is 0 Å². The molecule has 0 atom stereocenters. The van der Waals surface area contributed by atoms with E-state index in [1.165, 1.54) is 0 Å². The van der Waals surface area contributed by atoms with Crippen molar-refractivity contribution >= 4 is 11.7 Å². The number of carboxylic acid groups (broad SMARTS) is 1. The molecule has 0 aliphatic heterocycles. The maximum atomic E-state index is 11.0. The van der Waals surface area contributed by atoms with E-state index in [-0.39, 0.29) is 5.56 Å². The minimum absolute atomic E-state index is 0.236. The van der Waals surface area contributed by atoms with E-state index in [2.05, 4.69) is 10.3 Å². The molecule has 1 aromatic carbocycles. The first-order chi connectivity index (χ1) is 8.70. The lowest BCUT2D eigenvalue weighted by Crippen LogP contribution is -2.06. The Morgan fingerprint density at radius 2 is 2.22 bits per heavy atom. The number of rotatable bonds is 5. The molecule has 0 aliphatic carbocycles. The van der Waals surface area contributed by atoms with Gasteiger partial charge in [0, 0.05) is 12.1 Å². The highest BCUT2D eigenvalue weighted by atomic mass is 16.4. The van der Waals surface area contributed by atoms with E-state index in [1.807, 2.05) is 6.92 Å². The van der Waals surface area contributed by atoms with Crippen LogP contribution in [0.3, 0.4) is 0 Å². The minimum atomic E-state index is -0.959. The summed E-state index contributed by atoms with van der Waals surface area (Å²) >= 11 is 0. The van der Waals surface area contributed by atoms with Crippen LogP contribution in [-0.2, 0) is 13.0 Å². The Morgan fingerprint density at radius 1 is 1.44 bits per heavy atom. The van der Waals surface area contributed by atoms with E-state index in [4.69, 9.17) is 9.52 Å². The molecular weight excluding hydrogens is 232 g/mol. The Labute approximate surface area is 104 Å². The van der Waals surface area contributed by atoms with Crippen LogP contribution in [0.25, 0.3) is 0 Å². The van der Waals surface area contributed by atoms with Gasteiger partial charge in [-0.25, -0.2) is 9.78 Å². The maximum absolute atomic E-state index is 11.0. The van der Waals surface area contributed by atoms with Crippen molar-refractivity contribution in [3.8, 4) is 0 Å². The van der Waals surface area contributed by atoms with Gasteiger partial charge in [0.05, 0.1) is 18.3 Å². The van der Waals surface area contributed by atoms with Crippen LogP contribution in [0.1, 0.15) is 28.9 Å². The molecule has 0 bridgehead atoms. The summed E-state index contributed by atoms with van der Waals surface area (Å²) in [6.45, 7) is 2.35. The molecule has 1 heterocycles. The van der Waals surface area contributed by atoms with Gasteiger partial charge >= 0.3 is 5.97 Å². The highest BCUT2D eigenvalue weighted by Crippen LogP contribution is 2.16. The van der Waals surface area contributed by atoms with E-state index in [9.17, 15) is 4.79 Å². The first-order valence-electron chi connectivity index (χ1n) is 5.70. The second-order valence-electron chi connectivity index (χ2n) is 3.78. The van der Waals surface area contributed by atoms with E-state index in [0.29, 0.717) is 18.1 Å². The lowest BCUT2D eigenvalue weighted by atomic mass is 10.2. The summed E-state index contributed by atoms with van der Waals surface area (Å²) in [7, 11) is 0. The third-order valence-electron chi connectivity index (χ3n) is 2.54. The molecule has 2 N–H and O–H groups in total. The van der Waals surface area contributed by atoms with Crippen LogP contribution in [0, 0.1) is 0 Å². The van der Waals surface area contributed by atoms with Crippen molar-refractivity contribution in [3.63, 3.8) is 0 Å². The van der Waals surface area contributed by atoms with Crippen LogP contribution >= 0.6 is 0 Å². The Kier molecular flexibility index (Phi) is 3.62. The normalized spacial score (nSPS) is 10.3. The molecule has 0 aliphatic rings. The lowest BCUT2D eigenvalue weighted by Gasteiger charge is -2.07. The number of para-hydroxylation sites is 1. The van der Waals surface area contributed by atoms with E-state index < -0.39 is 5.97 Å². The Hall–Kier alpha value is -2.30. The van der Waals surface area contributed by atoms with Crippen LogP contribution < -0.4 is 5.32 Å². The number of nitrogens with one attached hydrogen (secondary N) is 1. The molecule has 2 rings (SSSR count). The summed E-state index contributed by atoms with van der Waals surface area (Å²) in [4.78, 5) is 15.1. The van der Waals surface area contributed by atoms with Gasteiger partial charge in [0.2, 0.25) is 5.89 Å². The molecule has 0 fully saturated rings. The fourth-order valence-electron chi connectivity index (χ4n) is 1.59. The SMILES string of the molecule is CCc1cnc(CNc2ccccc2C(=O)O)o1. The lowest BCUT2D eigenvalue weighted by molar-refractivity contribution is 0.0698. The quantitative estimate of drug-likeness (QED) is 0.847. The average molecular weight is 246 g/mol. The largest absolute Gasteiger partial charge is 0.478 e. The number of aromatic carboxylic acids is 1. The average Bonchev–Trinajstić information content (AvgIpc) is 2.84. The van der Waals surface area contributed by atoms with Gasteiger partial charge in [-0.1, -0.05) is 19.1 Å². The van der Waals surface area contributed by atoms with Crippen molar-refractivity contribution < 1.29 is 14.3 Å². The van der Waals surface area contributed by atoms with Crippen molar-refractivity contribution in [1.29, 1.82) is 0 Å². The predicted octanol–water partition coefficient (Wildman–Crippen LogP) is 2.55. The van der Waals surface area contributed by atoms with Gasteiger partial charge in [0.25, 0.3) is 0 Å². The molecule has 0 saturated heterocycles. The molecule has 0 amide bonds. The first-order valence-corrected chi connectivity index (χ1v) is 5.70. The molecule has 1 aromatic heterocycles. The fourth-order valence-corrected chi connectivity index (χ4v) is 1.59. The van der Waals surface area contributed by atoms with Gasteiger partial charge in [-0.05, 0) is 12.1 Å². The molecule has 5 nitrogen and oxygen atoms in total. The number of aryl methyl sites for hydroxylation is 1. The Bertz CT molecular complexity index is 549. The number of carboxylic acids is 1. The summed E-state index contributed by atoms with van der Waals surface area (Å²) in [6.07, 6.45) is 2.47. The maximum Gasteiger partial charge on any atom is 0.337 e. The monoisotopic (exact) mass is 246 g/mol. The number of benzene rings is 1. The number of aromatic nitrogens is 1. The molecule has 18 heavy (non-hydrogen) atoms. The van der Waals surface area contributed by atoms with Gasteiger partial charge in [-0.3, -0.25) is 0 Å². The van der Waals surface area contributed by atoms with Crippen molar-refractivity contribution in [1.82, 2.24) is 4.98 Å². The molecule has 2 aromatic rings. The fraction of sp³-hybridized carbons (Fsp3) is 0.231. The highest BCUT2D eigenvalue weighted by Gasteiger charge is 2.09. The Morgan fingerprint density at radius 3 is 2.89 bits per heavy atom. The summed E-state index contributed by atoms with van der Waals surface area (Å²) in [5.74, 6) is 0.408. The molecule has 5 heteroatoms. The second-order valence-corrected chi connectivity index (χ2v) is 3.78. The van der Waals surface area contributed by atoms with E-state index in [1.54, 1.807) is 30.5 Å². The molecular formula is C13H14N2O3. The Balaban J connectivity index is 2.08. The van der Waals surface area contributed by atoms with Crippen molar-refractivity contribution in [2.75, 3.05) is 5.32 Å². The molecule has 0 unspecified atom stereocenters. The number of carbonyl (C=O) groups is 1. The van der Waals surface area contributed by atoms with Crippen LogP contribution in [0.5, 0.6) is 0 Å². The first kappa shape index (κ1) is 12.2. The van der Waals surface area contributed by atoms with Gasteiger partial charge in [-0.15, -0.1) is 0 Å². The highest BCUT2D eigenvalue weighted by molar-refractivity contribution is 5.94. The zero-order chi connectivity index (χ0) is 13.0. The third-order valence-corrected chi connectivity index (χ3v) is 2.54. The second kappa shape index (κ2) is 5.35. The molecule has 94 valence electrons. The number of hydrogen-bond acceptors (Lipinski definition) is 4. The van der Waals surface area contributed by atoms with Crippen molar-refractivity contribution in [2.45, 2.75) is 19.9 Å². The van der Waals surface area contributed by atoms with E-state index >= 15 is 0 Å². The van der Waals surface area contributed by atoms with E-state index in [0.717, 1.165) is 12.2 Å². The number of oxazole rings is 1. The predicted molar refractivity (Wildman–Crippen MR) is 66.6 cm³/mol. The smallest absolute Gasteiger partial charge is 0.337 e. The van der Waals surface area contributed by atoms with Gasteiger partial charge in [0.1, 0.15) is 5.76 Å². The summed E-state index contributed by atoms with van der Waals surface area (Å²) in [6, 6.07) is 6.74. The standard InChI is InChI=1S/C13H14N2O3/c1-2-9-7-15-12(18-9)8-14-11-6-4-3-5-10(11)13(16)17/h3-7,14H,2,8H2,1H3,(H,16,17). The zero-order valence-electron chi connectivity index (χ0n) is 10.0. The van der Waals surface area contributed by atoms with Crippen molar-refractivity contribution in [3.05, 3.63) is 47.7 Å². The number of hydrogen-bond donors (Lipinski definition) is 2. The summed E-state index contributed by atoms with van der Waals surface area (Å²) < 4.78 is 5.43. The minimum Gasteiger partial charge on any atom is -0.478 e. The number of nitrogens with zero attached hydrogens (tertiary/aromatic N) is 1. The molecule has 0 radical (unpaired) electrons. The molecule has 0 saturated carbocycles. The van der Waals surface area contributed by atoms with Gasteiger partial charge < -0.3 is 14.8 Å². The van der Waals surface area contributed by atoms with Gasteiger partial charge in [-0.2, -0.15) is 0 Å². The summed E-state index contributed by atoms with van der Waals surface area (Å²) in [5.41, 5.74) is 0.793. The van der Waals surface area contributed by atoms with Crippen LogP contribution in [-0.4, -0.2) is 16.1 Å². The van der Waals surface area contributed by atoms with Crippen LogP contribution in [0.4, 0.5) is 5.69 Å². The summed E-state index contributed by atoms with van der Waals surface area (Å²) in [5, 5.41) is 12.0. The zero-order valence-corrected chi connectivity index (χ0v) is 10.0. The third kappa shape index (κ3) is 2.68. The molecule has 0 spiro atoms. The van der Waals surface area contributed by atoms with Crippen LogP contribution in [0.15, 0.2) is 34.9 Å². The topological polar surface area (TPSA) is 75.4 Å². The van der Waals surface area contributed by atoms with Gasteiger partial charge in [0.15, 0.2) is 0 Å². The number of anilines is 1.